The molecule has 3 rings (SSSR count). The van der Waals surface area contributed by atoms with Gasteiger partial charge in [-0.25, -0.2) is 0 Å². The molecule has 0 atom stereocenters. The highest BCUT2D eigenvalue weighted by molar-refractivity contribution is 9.10. The van der Waals surface area contributed by atoms with Gasteiger partial charge in [-0.2, -0.15) is 0 Å². The summed E-state index contributed by atoms with van der Waals surface area (Å²) in [5.41, 5.74) is 2.02. The zero-order valence-corrected chi connectivity index (χ0v) is 10.3. The molecule has 0 unspecified atom stereocenters. The van der Waals surface area contributed by atoms with Gasteiger partial charge in [0.25, 0.3) is 0 Å². The normalized spacial score (nSPS) is 10.9. The number of halogens is 1. The summed E-state index contributed by atoms with van der Waals surface area (Å²) < 4.78 is 6.18. The lowest BCUT2D eigenvalue weighted by atomic mass is 10.1. The fourth-order valence-electron chi connectivity index (χ4n) is 1.78. The van der Waals surface area contributed by atoms with Gasteiger partial charge in [-0.3, -0.25) is 0 Å². The summed E-state index contributed by atoms with van der Waals surface area (Å²) >= 11 is 3.38. The second-order valence-corrected chi connectivity index (χ2v) is 4.60. The Morgan fingerprint density at radius 1 is 1.12 bits per heavy atom. The fourth-order valence-corrected chi connectivity index (χ4v) is 2.12. The van der Waals surface area contributed by atoms with Crippen molar-refractivity contribution >= 4 is 26.9 Å². The van der Waals surface area contributed by atoms with Gasteiger partial charge in [-0.1, -0.05) is 33.2 Å². The zero-order chi connectivity index (χ0) is 11.8. The molecule has 0 aliphatic carbocycles. The number of rotatable bonds is 1. The van der Waals surface area contributed by atoms with Crippen LogP contribution in [0.2, 0.25) is 0 Å². The summed E-state index contributed by atoms with van der Waals surface area (Å²) in [5.74, 6) is 0.200. The van der Waals surface area contributed by atoms with Gasteiger partial charge in [-0.15, -0.1) is 0 Å². The number of phenols is 1. The smallest absolute Gasteiger partial charge is 0.168 e. The Bertz CT molecular complexity index is 691. The van der Waals surface area contributed by atoms with Gasteiger partial charge >= 0.3 is 0 Å². The van der Waals surface area contributed by atoms with E-state index in [-0.39, 0.29) is 5.75 Å². The molecular formula is C13H8BrNO2. The molecule has 3 nitrogen and oxygen atoms in total. The van der Waals surface area contributed by atoms with Gasteiger partial charge in [0.15, 0.2) is 5.58 Å². The number of nitrogens with zero attached hydrogens (tertiary/aromatic N) is 1. The number of fused-ring (bicyclic) bond motifs is 1. The predicted octanol–water partition coefficient (Wildman–Crippen LogP) is 3.96. The molecule has 0 aliphatic rings. The molecule has 1 aromatic heterocycles. The highest BCUT2D eigenvalue weighted by atomic mass is 79.9. The maximum Gasteiger partial charge on any atom is 0.168 e. The first-order chi connectivity index (χ1) is 8.25. The van der Waals surface area contributed by atoms with Crippen LogP contribution in [0.4, 0.5) is 0 Å². The lowest BCUT2D eigenvalue weighted by Gasteiger charge is -1.99. The predicted molar refractivity (Wildman–Crippen MR) is 68.8 cm³/mol. The van der Waals surface area contributed by atoms with Crippen LogP contribution in [0.25, 0.3) is 22.2 Å². The number of hydrogen-bond donors (Lipinski definition) is 1. The van der Waals surface area contributed by atoms with Gasteiger partial charge in [0.2, 0.25) is 0 Å². The maximum absolute atomic E-state index is 9.81. The second-order valence-electron chi connectivity index (χ2n) is 3.69. The number of aromatic nitrogens is 1. The Kier molecular flexibility index (Phi) is 2.37. The first-order valence-electron chi connectivity index (χ1n) is 5.09. The van der Waals surface area contributed by atoms with Crippen LogP contribution >= 0.6 is 15.9 Å². The first kappa shape index (κ1) is 10.4. The van der Waals surface area contributed by atoms with E-state index in [1.54, 1.807) is 12.1 Å². The molecule has 0 bridgehead atoms. The average molecular weight is 290 g/mol. The van der Waals surface area contributed by atoms with Crippen molar-refractivity contribution in [1.29, 1.82) is 0 Å². The number of hydrogen-bond acceptors (Lipinski definition) is 3. The molecule has 0 saturated heterocycles. The van der Waals surface area contributed by atoms with E-state index in [2.05, 4.69) is 21.1 Å². The summed E-state index contributed by atoms with van der Waals surface area (Å²) in [7, 11) is 0. The van der Waals surface area contributed by atoms with Gasteiger partial charge in [0.1, 0.15) is 11.4 Å². The zero-order valence-electron chi connectivity index (χ0n) is 8.72. The Hall–Kier alpha value is -1.81. The van der Waals surface area contributed by atoms with Crippen molar-refractivity contribution in [3.05, 3.63) is 46.9 Å². The van der Waals surface area contributed by atoms with E-state index in [9.17, 15) is 5.11 Å². The molecule has 17 heavy (non-hydrogen) atoms. The minimum Gasteiger partial charge on any atom is -0.507 e. The topological polar surface area (TPSA) is 46.3 Å². The molecule has 0 radical (unpaired) electrons. The van der Waals surface area contributed by atoms with E-state index in [1.807, 2.05) is 30.3 Å². The largest absolute Gasteiger partial charge is 0.507 e. The Labute approximate surface area is 106 Å². The molecule has 0 aliphatic heterocycles. The van der Waals surface area contributed by atoms with E-state index < -0.39 is 0 Å². The Balaban J connectivity index is 2.29. The van der Waals surface area contributed by atoms with Crippen LogP contribution in [0.1, 0.15) is 0 Å². The Morgan fingerprint density at radius 3 is 2.76 bits per heavy atom. The van der Waals surface area contributed by atoms with E-state index in [0.717, 1.165) is 9.86 Å². The lowest BCUT2D eigenvalue weighted by Crippen LogP contribution is -1.79. The third-order valence-electron chi connectivity index (χ3n) is 2.59. The van der Waals surface area contributed by atoms with Crippen LogP contribution in [0.5, 0.6) is 5.75 Å². The average Bonchev–Trinajstić information content (AvgIpc) is 2.72. The molecule has 0 amide bonds. The molecule has 0 fully saturated rings. The van der Waals surface area contributed by atoms with E-state index in [0.29, 0.717) is 16.8 Å². The van der Waals surface area contributed by atoms with Gasteiger partial charge in [0.05, 0.1) is 0 Å². The summed E-state index contributed by atoms with van der Waals surface area (Å²) in [6, 6.07) is 12.8. The second kappa shape index (κ2) is 3.89. The number of para-hydroxylation sites is 1. The van der Waals surface area contributed by atoms with Crippen molar-refractivity contribution in [1.82, 2.24) is 5.16 Å². The van der Waals surface area contributed by atoms with E-state index >= 15 is 0 Å². The highest BCUT2D eigenvalue weighted by Crippen LogP contribution is 2.34. The number of benzene rings is 2. The molecule has 84 valence electrons. The molecular weight excluding hydrogens is 282 g/mol. The van der Waals surface area contributed by atoms with Crippen LogP contribution < -0.4 is 0 Å². The molecule has 1 N–H and O–H groups in total. The Morgan fingerprint density at radius 2 is 1.94 bits per heavy atom. The molecule has 0 spiro atoms. The summed E-state index contributed by atoms with van der Waals surface area (Å²) in [6.45, 7) is 0. The van der Waals surface area contributed by atoms with Crippen molar-refractivity contribution < 1.29 is 9.63 Å². The molecule has 3 aromatic rings. The fraction of sp³-hybridized carbons (Fsp3) is 0. The van der Waals surface area contributed by atoms with Crippen molar-refractivity contribution in [2.24, 2.45) is 0 Å². The number of aromatic hydroxyl groups is 1. The number of phenolic OH excluding ortho intramolecular Hbond substituents is 1. The van der Waals surface area contributed by atoms with Crippen molar-refractivity contribution in [3.63, 3.8) is 0 Å². The monoisotopic (exact) mass is 289 g/mol. The van der Waals surface area contributed by atoms with E-state index in [4.69, 9.17) is 4.52 Å². The highest BCUT2D eigenvalue weighted by Gasteiger charge is 2.13. The van der Waals surface area contributed by atoms with Crippen molar-refractivity contribution in [2.45, 2.75) is 0 Å². The van der Waals surface area contributed by atoms with Crippen LogP contribution in [0.15, 0.2) is 51.5 Å². The third kappa shape index (κ3) is 1.70. The maximum atomic E-state index is 9.81. The van der Waals surface area contributed by atoms with Crippen LogP contribution in [0.3, 0.4) is 0 Å². The standard InChI is InChI=1S/C13H8BrNO2/c14-8-5-6-10-12(7-8)17-15-13(10)9-3-1-2-4-11(9)16/h1-7,16H. The van der Waals surface area contributed by atoms with Crippen molar-refractivity contribution in [2.75, 3.05) is 0 Å². The molecule has 4 heteroatoms. The van der Waals surface area contributed by atoms with Gasteiger partial charge < -0.3 is 9.63 Å². The van der Waals surface area contributed by atoms with Gasteiger partial charge in [0, 0.05) is 15.4 Å². The first-order valence-corrected chi connectivity index (χ1v) is 5.88. The van der Waals surface area contributed by atoms with Crippen LogP contribution in [-0.2, 0) is 0 Å². The van der Waals surface area contributed by atoms with Gasteiger partial charge in [-0.05, 0) is 30.3 Å². The molecule has 2 aromatic carbocycles. The third-order valence-corrected chi connectivity index (χ3v) is 3.09. The minimum absolute atomic E-state index is 0.200. The SMILES string of the molecule is Oc1ccccc1-c1noc2cc(Br)ccc12. The summed E-state index contributed by atoms with van der Waals surface area (Å²) in [4.78, 5) is 0. The van der Waals surface area contributed by atoms with Crippen LogP contribution in [0, 0.1) is 0 Å². The van der Waals surface area contributed by atoms with Crippen LogP contribution in [-0.4, -0.2) is 10.3 Å². The van der Waals surface area contributed by atoms with Crippen molar-refractivity contribution in [3.8, 4) is 17.0 Å². The van der Waals surface area contributed by atoms with E-state index in [1.165, 1.54) is 0 Å². The lowest BCUT2D eigenvalue weighted by molar-refractivity contribution is 0.455. The molecule has 1 heterocycles. The molecule has 0 saturated carbocycles. The minimum atomic E-state index is 0.200. The summed E-state index contributed by atoms with van der Waals surface area (Å²) in [5, 5.41) is 14.7. The quantitative estimate of drug-likeness (QED) is 0.737. The summed E-state index contributed by atoms with van der Waals surface area (Å²) in [6.07, 6.45) is 0.